The van der Waals surface area contributed by atoms with E-state index in [9.17, 15) is 4.79 Å². The van der Waals surface area contributed by atoms with Crippen molar-refractivity contribution in [2.24, 2.45) is 11.8 Å². The van der Waals surface area contributed by atoms with Crippen molar-refractivity contribution in [2.75, 3.05) is 79.3 Å². The fourth-order valence-corrected chi connectivity index (χ4v) is 1.93. The lowest BCUT2D eigenvalue weighted by atomic mass is 10.1. The number of hydrogen-bond donors (Lipinski definition) is 0. The largest absolute Gasteiger partial charge is 0.379 e. The first-order valence-corrected chi connectivity index (χ1v) is 10.5. The molecule has 7 nitrogen and oxygen atoms in total. The average molecular weight is 417 g/mol. The van der Waals surface area contributed by atoms with Gasteiger partial charge in [0.25, 0.3) is 0 Å². The Kier molecular flexibility index (Phi) is 20.9. The molecule has 0 N–H and O–H groups in total. The predicted molar refractivity (Wildman–Crippen MR) is 112 cm³/mol. The summed E-state index contributed by atoms with van der Waals surface area (Å²) < 4.78 is 32.3. The summed E-state index contributed by atoms with van der Waals surface area (Å²) in [4.78, 5) is 11.4. The molecule has 0 aliphatic rings. The molecule has 0 saturated carbocycles. The van der Waals surface area contributed by atoms with Crippen molar-refractivity contribution in [3.63, 3.8) is 0 Å². The monoisotopic (exact) mass is 416 g/mol. The van der Waals surface area contributed by atoms with Gasteiger partial charge in [0.05, 0.1) is 72.7 Å². The smallest absolute Gasteiger partial charge is 0.137 e. The first-order chi connectivity index (χ1) is 14.0. The van der Waals surface area contributed by atoms with Gasteiger partial charge >= 0.3 is 0 Å². The quantitative estimate of drug-likeness (QED) is 0.223. The number of ether oxygens (including phenoxy) is 6. The van der Waals surface area contributed by atoms with Crippen LogP contribution < -0.4 is 0 Å². The Morgan fingerprint density at radius 1 is 0.621 bits per heavy atom. The van der Waals surface area contributed by atoms with Crippen LogP contribution in [0.5, 0.6) is 0 Å². The molecule has 0 aromatic heterocycles. The maximum Gasteiger partial charge on any atom is 0.137 e. The molecule has 0 radical (unpaired) electrons. The van der Waals surface area contributed by atoms with E-state index in [0.717, 1.165) is 0 Å². The Balaban J connectivity index is 3.10. The van der Waals surface area contributed by atoms with Crippen LogP contribution in [-0.2, 0) is 33.2 Å². The summed E-state index contributed by atoms with van der Waals surface area (Å²) in [5.74, 6) is 6.67. The van der Waals surface area contributed by atoms with Crippen LogP contribution in [-0.4, -0.2) is 85.1 Å². The predicted octanol–water partition coefficient (Wildman–Crippen LogP) is 2.36. The third-order valence-electron chi connectivity index (χ3n) is 3.56. The second-order valence-corrected chi connectivity index (χ2v) is 6.96. The Hall–Kier alpha value is -1.01. The molecule has 170 valence electrons. The Morgan fingerprint density at radius 2 is 1.00 bits per heavy atom. The van der Waals surface area contributed by atoms with Gasteiger partial charge < -0.3 is 28.4 Å². The van der Waals surface area contributed by atoms with Crippen molar-refractivity contribution in [3.05, 3.63) is 0 Å². The van der Waals surface area contributed by atoms with Crippen LogP contribution in [0.4, 0.5) is 0 Å². The third-order valence-corrected chi connectivity index (χ3v) is 3.56. The molecule has 0 unspecified atom stereocenters. The zero-order chi connectivity index (χ0) is 21.6. The molecule has 0 saturated heterocycles. The number of hydrogen-bond acceptors (Lipinski definition) is 7. The molecular formula is C22H40O7. The molecule has 0 aliphatic carbocycles. The van der Waals surface area contributed by atoms with Gasteiger partial charge in [0.2, 0.25) is 0 Å². The first-order valence-electron chi connectivity index (χ1n) is 10.5. The van der Waals surface area contributed by atoms with Crippen LogP contribution in [0.1, 0.15) is 34.1 Å². The highest BCUT2D eigenvalue weighted by Crippen LogP contribution is 1.98. The number of carbonyl (C=O) groups is 1. The molecular weight excluding hydrogens is 376 g/mol. The van der Waals surface area contributed by atoms with Crippen LogP contribution in [0.15, 0.2) is 0 Å². The minimum Gasteiger partial charge on any atom is -0.379 e. The maximum absolute atomic E-state index is 11.4. The van der Waals surface area contributed by atoms with E-state index in [1.165, 1.54) is 0 Å². The lowest BCUT2D eigenvalue weighted by Gasteiger charge is -2.08. The lowest BCUT2D eigenvalue weighted by molar-refractivity contribution is -0.123. The van der Waals surface area contributed by atoms with Crippen molar-refractivity contribution in [1.29, 1.82) is 0 Å². The summed E-state index contributed by atoms with van der Waals surface area (Å²) in [7, 11) is 0. The topological polar surface area (TPSA) is 72.5 Å². The van der Waals surface area contributed by atoms with Crippen molar-refractivity contribution < 1.29 is 33.2 Å². The van der Waals surface area contributed by atoms with Crippen LogP contribution in [0.25, 0.3) is 0 Å². The van der Waals surface area contributed by atoms with Crippen molar-refractivity contribution in [3.8, 4) is 11.8 Å². The number of Topliss-reactive ketones (excluding diaryl/α,β-unsaturated/α-hetero) is 1. The minimum absolute atomic E-state index is 0.0723. The molecule has 0 bridgehead atoms. The highest BCUT2D eigenvalue weighted by Gasteiger charge is 2.05. The van der Waals surface area contributed by atoms with Crippen LogP contribution >= 0.6 is 0 Å². The molecule has 7 heteroatoms. The highest BCUT2D eigenvalue weighted by atomic mass is 16.6. The maximum atomic E-state index is 11.4. The van der Waals surface area contributed by atoms with Gasteiger partial charge in [-0.05, 0) is 0 Å². The van der Waals surface area contributed by atoms with Gasteiger partial charge in [0.15, 0.2) is 0 Å². The van der Waals surface area contributed by atoms with Gasteiger partial charge in [0, 0.05) is 18.3 Å². The summed E-state index contributed by atoms with van der Waals surface area (Å²) in [5, 5.41) is 0. The first kappa shape index (κ1) is 28.0. The van der Waals surface area contributed by atoms with E-state index >= 15 is 0 Å². The van der Waals surface area contributed by atoms with Gasteiger partial charge in [-0.15, -0.1) is 0 Å². The van der Waals surface area contributed by atoms with Gasteiger partial charge in [0.1, 0.15) is 12.4 Å². The zero-order valence-electron chi connectivity index (χ0n) is 18.7. The second kappa shape index (κ2) is 21.7. The van der Waals surface area contributed by atoms with Gasteiger partial charge in [-0.3, -0.25) is 4.79 Å². The van der Waals surface area contributed by atoms with Crippen molar-refractivity contribution in [1.82, 2.24) is 0 Å². The SMILES string of the molecule is CC(C)C#CCOCCOCCOCCOCCOCCOCCC(=O)C(C)C. The summed E-state index contributed by atoms with van der Waals surface area (Å²) in [5.41, 5.74) is 0. The molecule has 0 rings (SSSR count). The zero-order valence-corrected chi connectivity index (χ0v) is 18.7. The number of carbonyl (C=O) groups excluding carboxylic acids is 1. The average Bonchev–Trinajstić information content (AvgIpc) is 2.68. The fraction of sp³-hybridized carbons (Fsp3) is 0.864. The van der Waals surface area contributed by atoms with Crippen LogP contribution in [0.2, 0.25) is 0 Å². The summed E-state index contributed by atoms with van der Waals surface area (Å²) in [6, 6.07) is 0. The Bertz CT molecular complexity index is 427. The molecule has 0 fully saturated rings. The Morgan fingerprint density at radius 3 is 1.38 bits per heavy atom. The van der Waals surface area contributed by atoms with E-state index in [-0.39, 0.29) is 11.7 Å². The van der Waals surface area contributed by atoms with E-state index in [1.807, 2.05) is 27.7 Å². The number of ketones is 1. The van der Waals surface area contributed by atoms with Crippen molar-refractivity contribution >= 4 is 5.78 Å². The van der Waals surface area contributed by atoms with E-state index in [4.69, 9.17) is 28.4 Å². The van der Waals surface area contributed by atoms with Gasteiger partial charge in [-0.25, -0.2) is 0 Å². The van der Waals surface area contributed by atoms with Crippen LogP contribution in [0, 0.1) is 23.7 Å². The van der Waals surface area contributed by atoms with E-state index in [2.05, 4.69) is 11.8 Å². The molecule has 0 heterocycles. The van der Waals surface area contributed by atoms with Gasteiger partial charge in [-0.1, -0.05) is 39.5 Å². The molecule has 0 aromatic carbocycles. The Labute approximate surface area is 176 Å². The van der Waals surface area contributed by atoms with Crippen molar-refractivity contribution in [2.45, 2.75) is 34.1 Å². The van der Waals surface area contributed by atoms with Crippen LogP contribution in [0.3, 0.4) is 0 Å². The summed E-state index contributed by atoms with van der Waals surface area (Å²) in [6.45, 7) is 14.0. The molecule has 0 spiro atoms. The van der Waals surface area contributed by atoms with Gasteiger partial charge in [-0.2, -0.15) is 0 Å². The molecule has 29 heavy (non-hydrogen) atoms. The minimum atomic E-state index is 0.0723. The van der Waals surface area contributed by atoms with E-state index in [0.29, 0.717) is 91.6 Å². The second-order valence-electron chi connectivity index (χ2n) is 6.96. The van der Waals surface area contributed by atoms with E-state index in [1.54, 1.807) is 0 Å². The van der Waals surface area contributed by atoms with E-state index < -0.39 is 0 Å². The normalized spacial score (nSPS) is 11.1. The molecule has 0 atom stereocenters. The lowest BCUT2D eigenvalue weighted by Crippen LogP contribution is -2.15. The third kappa shape index (κ3) is 23.1. The fourth-order valence-electron chi connectivity index (χ4n) is 1.93. The molecule has 0 aliphatic heterocycles. The molecule has 0 amide bonds. The molecule has 0 aromatic rings. The summed E-state index contributed by atoms with van der Waals surface area (Å²) in [6.07, 6.45) is 0.466. The highest BCUT2D eigenvalue weighted by molar-refractivity contribution is 5.80. The summed E-state index contributed by atoms with van der Waals surface area (Å²) >= 11 is 0. The number of rotatable bonds is 20. The standard InChI is InChI=1S/C22H40O7/c1-20(2)6-5-8-24-10-12-26-14-16-28-18-19-29-17-15-27-13-11-25-9-7-22(23)21(3)4/h20-21H,7-19H2,1-4H3.